The zero-order valence-corrected chi connectivity index (χ0v) is 23.9. The summed E-state index contributed by atoms with van der Waals surface area (Å²) >= 11 is 0. The average molecular weight is 491 g/mol. The summed E-state index contributed by atoms with van der Waals surface area (Å²) in [6.45, 7) is 6.76. The van der Waals surface area contributed by atoms with Gasteiger partial charge in [0, 0.05) is 23.9 Å². The average Bonchev–Trinajstić information content (AvgIpc) is 2.90. The molecule has 0 bridgehead atoms. The Morgan fingerprint density at radius 3 is 1.83 bits per heavy atom. The number of hydrogen-bond donors (Lipinski definition) is 0. The van der Waals surface area contributed by atoms with Gasteiger partial charge >= 0.3 is 0 Å². The Morgan fingerprint density at radius 1 is 0.667 bits per heavy atom. The lowest BCUT2D eigenvalue weighted by Crippen LogP contribution is -2.15. The summed E-state index contributed by atoms with van der Waals surface area (Å²) in [4.78, 5) is 9.66. The van der Waals surface area contributed by atoms with E-state index in [9.17, 15) is 0 Å². The molecule has 200 valence electrons. The number of aryl methyl sites for hydroxylation is 3. The molecule has 1 fully saturated rings. The molecule has 0 unspecified atom stereocenters. The van der Waals surface area contributed by atoms with E-state index in [-0.39, 0.29) is 0 Å². The third-order valence-corrected chi connectivity index (χ3v) is 8.55. The number of benzene rings is 1. The maximum absolute atomic E-state index is 4.90. The second-order valence-corrected chi connectivity index (χ2v) is 11.6. The van der Waals surface area contributed by atoms with Crippen LogP contribution in [0.1, 0.15) is 140 Å². The first-order valence-electron chi connectivity index (χ1n) is 15.6. The summed E-state index contributed by atoms with van der Waals surface area (Å²) in [6.07, 6.45) is 28.0. The molecule has 3 rings (SSSR count). The predicted octanol–water partition coefficient (Wildman–Crippen LogP) is 10.5. The topological polar surface area (TPSA) is 25.8 Å². The fourth-order valence-corrected chi connectivity index (χ4v) is 6.14. The van der Waals surface area contributed by atoms with Gasteiger partial charge in [0.1, 0.15) is 5.82 Å². The molecule has 1 aliphatic rings. The molecule has 0 aliphatic heterocycles. The van der Waals surface area contributed by atoms with Gasteiger partial charge < -0.3 is 0 Å². The molecular weight excluding hydrogens is 436 g/mol. The van der Waals surface area contributed by atoms with Crippen LogP contribution in [0.15, 0.2) is 30.5 Å². The van der Waals surface area contributed by atoms with Crippen molar-refractivity contribution < 1.29 is 0 Å². The Bertz CT molecular complexity index is 833. The molecule has 2 heteroatoms. The minimum Gasteiger partial charge on any atom is -0.241 e. The first-order chi connectivity index (χ1) is 17.7. The molecule has 0 amide bonds. The van der Waals surface area contributed by atoms with E-state index in [1.54, 1.807) is 0 Å². The van der Waals surface area contributed by atoms with Crippen molar-refractivity contribution in [1.29, 1.82) is 0 Å². The third kappa shape index (κ3) is 10.3. The summed E-state index contributed by atoms with van der Waals surface area (Å²) in [7, 11) is 0. The van der Waals surface area contributed by atoms with Crippen LogP contribution < -0.4 is 0 Å². The number of rotatable bonds is 17. The SMILES string of the molecule is CCCCCCCCCCCCc1ccc(-c2cnc(CCC3CCC(CCC)CC3)nc2C)cc1. The van der Waals surface area contributed by atoms with E-state index in [1.165, 1.54) is 132 Å². The van der Waals surface area contributed by atoms with Gasteiger partial charge in [-0.2, -0.15) is 0 Å². The summed E-state index contributed by atoms with van der Waals surface area (Å²) in [6, 6.07) is 9.16. The largest absolute Gasteiger partial charge is 0.241 e. The van der Waals surface area contributed by atoms with Crippen LogP contribution in [0.4, 0.5) is 0 Å². The quantitative estimate of drug-likeness (QED) is 0.206. The van der Waals surface area contributed by atoms with Crippen LogP contribution in [0.2, 0.25) is 0 Å². The van der Waals surface area contributed by atoms with Gasteiger partial charge in [-0.05, 0) is 49.1 Å². The van der Waals surface area contributed by atoms with Crippen molar-refractivity contribution in [3.63, 3.8) is 0 Å². The molecule has 0 saturated heterocycles. The first-order valence-corrected chi connectivity index (χ1v) is 15.6. The smallest absolute Gasteiger partial charge is 0.128 e. The zero-order valence-electron chi connectivity index (χ0n) is 23.9. The number of nitrogens with zero attached hydrogens (tertiary/aromatic N) is 2. The van der Waals surface area contributed by atoms with Gasteiger partial charge in [-0.3, -0.25) is 0 Å². The minimum atomic E-state index is 0.879. The van der Waals surface area contributed by atoms with Crippen molar-refractivity contribution in [2.75, 3.05) is 0 Å². The van der Waals surface area contributed by atoms with Gasteiger partial charge in [0.05, 0.1) is 0 Å². The lowest BCUT2D eigenvalue weighted by atomic mass is 9.78. The highest BCUT2D eigenvalue weighted by Crippen LogP contribution is 2.33. The van der Waals surface area contributed by atoms with Crippen molar-refractivity contribution in [1.82, 2.24) is 9.97 Å². The molecule has 2 nitrogen and oxygen atoms in total. The molecule has 1 aromatic carbocycles. The van der Waals surface area contributed by atoms with Crippen LogP contribution in [0.5, 0.6) is 0 Å². The Hall–Kier alpha value is -1.70. The van der Waals surface area contributed by atoms with E-state index in [0.29, 0.717) is 0 Å². The van der Waals surface area contributed by atoms with Gasteiger partial charge in [0.2, 0.25) is 0 Å². The number of aromatic nitrogens is 2. The van der Waals surface area contributed by atoms with E-state index >= 15 is 0 Å². The molecular formula is C34H54N2. The van der Waals surface area contributed by atoms with Crippen molar-refractivity contribution >= 4 is 0 Å². The fraction of sp³-hybridized carbons (Fsp3) is 0.706. The maximum atomic E-state index is 4.90. The van der Waals surface area contributed by atoms with Crippen LogP contribution in [0, 0.1) is 18.8 Å². The van der Waals surface area contributed by atoms with E-state index in [4.69, 9.17) is 9.97 Å². The normalized spacial score (nSPS) is 18.0. The highest BCUT2D eigenvalue weighted by Gasteiger charge is 2.20. The highest BCUT2D eigenvalue weighted by molar-refractivity contribution is 5.65. The van der Waals surface area contributed by atoms with Crippen LogP contribution in [0.25, 0.3) is 11.1 Å². The molecule has 0 atom stereocenters. The van der Waals surface area contributed by atoms with E-state index < -0.39 is 0 Å². The molecule has 1 saturated carbocycles. The monoisotopic (exact) mass is 490 g/mol. The van der Waals surface area contributed by atoms with Gasteiger partial charge in [0.25, 0.3) is 0 Å². The Labute approximate surface area is 223 Å². The first kappa shape index (κ1) is 28.9. The van der Waals surface area contributed by atoms with Gasteiger partial charge in [-0.1, -0.05) is 134 Å². The number of unbranched alkanes of at least 4 members (excludes halogenated alkanes) is 9. The highest BCUT2D eigenvalue weighted by atomic mass is 14.9. The Kier molecular flexibility index (Phi) is 13.6. The third-order valence-electron chi connectivity index (χ3n) is 8.55. The molecule has 1 heterocycles. The standard InChI is InChI=1S/C34H54N2/c1-4-6-7-8-9-10-11-12-13-14-16-30-21-24-32(25-22-30)33-27-35-34(36-28(33)3)26-23-31-19-17-29(15-5-2)18-20-31/h21-22,24-25,27,29,31H,4-20,23,26H2,1-3H3. The second-order valence-electron chi connectivity index (χ2n) is 11.6. The second kappa shape index (κ2) is 16.9. The molecule has 2 aromatic rings. The molecule has 1 aliphatic carbocycles. The molecule has 0 spiro atoms. The fourth-order valence-electron chi connectivity index (χ4n) is 6.14. The molecule has 1 aromatic heterocycles. The summed E-state index contributed by atoms with van der Waals surface area (Å²) < 4.78 is 0. The lowest BCUT2D eigenvalue weighted by Gasteiger charge is -2.28. The zero-order chi connectivity index (χ0) is 25.4. The minimum absolute atomic E-state index is 0.879. The van der Waals surface area contributed by atoms with Gasteiger partial charge in [-0.15, -0.1) is 0 Å². The van der Waals surface area contributed by atoms with E-state index in [2.05, 4.69) is 51.2 Å². The van der Waals surface area contributed by atoms with Crippen LogP contribution in [0.3, 0.4) is 0 Å². The van der Waals surface area contributed by atoms with Gasteiger partial charge in [0.15, 0.2) is 0 Å². The van der Waals surface area contributed by atoms with Crippen molar-refractivity contribution in [3.05, 3.63) is 47.5 Å². The number of hydrogen-bond acceptors (Lipinski definition) is 2. The van der Waals surface area contributed by atoms with Crippen molar-refractivity contribution in [2.24, 2.45) is 11.8 Å². The van der Waals surface area contributed by atoms with E-state index in [0.717, 1.165) is 29.8 Å². The van der Waals surface area contributed by atoms with Crippen molar-refractivity contribution in [3.8, 4) is 11.1 Å². The molecule has 0 radical (unpaired) electrons. The Balaban J connectivity index is 1.35. The Morgan fingerprint density at radius 2 is 1.25 bits per heavy atom. The maximum Gasteiger partial charge on any atom is 0.128 e. The predicted molar refractivity (Wildman–Crippen MR) is 156 cm³/mol. The summed E-state index contributed by atoms with van der Waals surface area (Å²) in [5.74, 6) is 2.90. The summed E-state index contributed by atoms with van der Waals surface area (Å²) in [5.41, 5.74) is 5.01. The summed E-state index contributed by atoms with van der Waals surface area (Å²) in [5, 5.41) is 0. The molecule has 36 heavy (non-hydrogen) atoms. The van der Waals surface area contributed by atoms with Crippen LogP contribution >= 0.6 is 0 Å². The lowest BCUT2D eigenvalue weighted by molar-refractivity contribution is 0.251. The molecule has 0 N–H and O–H groups in total. The van der Waals surface area contributed by atoms with Crippen molar-refractivity contribution in [2.45, 2.75) is 143 Å². The van der Waals surface area contributed by atoms with Gasteiger partial charge in [-0.25, -0.2) is 9.97 Å². The van der Waals surface area contributed by atoms with Crippen LogP contribution in [-0.2, 0) is 12.8 Å². The van der Waals surface area contributed by atoms with E-state index in [1.807, 2.05) is 0 Å². The van der Waals surface area contributed by atoms with Crippen LogP contribution in [-0.4, -0.2) is 9.97 Å².